The second kappa shape index (κ2) is 9.93. The van der Waals surface area contributed by atoms with Crippen molar-refractivity contribution in [3.63, 3.8) is 0 Å². The van der Waals surface area contributed by atoms with Gasteiger partial charge in [0, 0.05) is 12.6 Å². The molecule has 0 aliphatic carbocycles. The summed E-state index contributed by atoms with van der Waals surface area (Å²) in [7, 11) is 0. The van der Waals surface area contributed by atoms with Crippen LogP contribution in [0, 0.1) is 0 Å². The van der Waals surface area contributed by atoms with Crippen LogP contribution in [0.2, 0.25) is 0 Å². The highest BCUT2D eigenvalue weighted by atomic mass is 16.5. The molecule has 1 aliphatic rings. The van der Waals surface area contributed by atoms with Gasteiger partial charge in [-0.15, -0.1) is 0 Å². The van der Waals surface area contributed by atoms with Crippen LogP contribution in [0.25, 0.3) is 0 Å². The maximum atomic E-state index is 12.7. The quantitative estimate of drug-likeness (QED) is 0.703. The number of rotatable bonds is 8. The van der Waals surface area contributed by atoms with Crippen LogP contribution in [-0.2, 0) is 16.0 Å². The highest BCUT2D eigenvalue weighted by Crippen LogP contribution is 2.25. The molecule has 0 spiro atoms. The van der Waals surface area contributed by atoms with Crippen LogP contribution in [0.4, 0.5) is 5.69 Å². The molecule has 2 amide bonds. The predicted octanol–water partition coefficient (Wildman–Crippen LogP) is 4.04. The molecule has 0 radical (unpaired) electrons. The lowest BCUT2D eigenvalue weighted by Gasteiger charge is -2.24. The Labute approximate surface area is 166 Å². The number of carbonyl (C=O) groups excluding carboxylic acids is 2. The van der Waals surface area contributed by atoms with Gasteiger partial charge in [-0.05, 0) is 50.3 Å². The first-order valence-corrected chi connectivity index (χ1v) is 10.0. The largest absolute Gasteiger partial charge is 0.492 e. The fourth-order valence-corrected chi connectivity index (χ4v) is 3.73. The van der Waals surface area contributed by atoms with Crippen molar-refractivity contribution >= 4 is 17.5 Å². The number of hydrogen-bond acceptors (Lipinski definition) is 3. The first-order chi connectivity index (χ1) is 13.7. The number of hydrogen-bond donors (Lipinski definition) is 1. The number of amides is 2. The number of ether oxygens (including phenoxy) is 1. The molecular formula is C23H28N2O3. The van der Waals surface area contributed by atoms with Gasteiger partial charge in [-0.25, -0.2) is 0 Å². The topological polar surface area (TPSA) is 58.6 Å². The lowest BCUT2D eigenvalue weighted by Crippen LogP contribution is -2.37. The molecule has 1 N–H and O–H groups in total. The average Bonchev–Trinajstić information content (AvgIpc) is 3.18. The third kappa shape index (κ3) is 5.35. The maximum Gasteiger partial charge on any atom is 0.233 e. The van der Waals surface area contributed by atoms with Crippen molar-refractivity contribution in [2.45, 2.75) is 45.1 Å². The highest BCUT2D eigenvalue weighted by molar-refractivity contribution is 6.04. The minimum atomic E-state index is -0.300. The summed E-state index contributed by atoms with van der Waals surface area (Å²) in [6.45, 7) is 3.15. The molecule has 2 aromatic rings. The number of nitrogens with zero attached hydrogens (tertiary/aromatic N) is 1. The van der Waals surface area contributed by atoms with Gasteiger partial charge in [0.2, 0.25) is 11.8 Å². The fourth-order valence-electron chi connectivity index (χ4n) is 3.73. The Bertz CT molecular complexity index is 791. The van der Waals surface area contributed by atoms with E-state index in [2.05, 4.69) is 17.4 Å². The van der Waals surface area contributed by atoms with Crippen LogP contribution in [0.3, 0.4) is 0 Å². The molecule has 28 heavy (non-hydrogen) atoms. The van der Waals surface area contributed by atoms with E-state index in [0.29, 0.717) is 18.0 Å². The highest BCUT2D eigenvalue weighted by Gasteiger charge is 2.29. The lowest BCUT2D eigenvalue weighted by molar-refractivity contribution is -0.135. The Hall–Kier alpha value is -2.82. The van der Waals surface area contributed by atoms with Crippen LogP contribution >= 0.6 is 0 Å². The molecule has 2 aromatic carbocycles. The summed E-state index contributed by atoms with van der Waals surface area (Å²) >= 11 is 0. The fraction of sp³-hybridized carbons (Fsp3) is 0.391. The Kier molecular flexibility index (Phi) is 7.06. The molecule has 1 aliphatic heterocycles. The van der Waals surface area contributed by atoms with Crippen LogP contribution in [-0.4, -0.2) is 35.9 Å². The molecule has 5 nitrogen and oxygen atoms in total. The maximum absolute atomic E-state index is 12.7. The van der Waals surface area contributed by atoms with Gasteiger partial charge in [-0.2, -0.15) is 0 Å². The zero-order valence-electron chi connectivity index (χ0n) is 16.4. The molecule has 1 saturated heterocycles. The summed E-state index contributed by atoms with van der Waals surface area (Å²) in [5.41, 5.74) is 1.89. The van der Waals surface area contributed by atoms with E-state index in [4.69, 9.17) is 4.74 Å². The van der Waals surface area contributed by atoms with Crippen molar-refractivity contribution in [2.24, 2.45) is 0 Å². The van der Waals surface area contributed by atoms with Gasteiger partial charge in [-0.3, -0.25) is 9.59 Å². The second-order valence-corrected chi connectivity index (χ2v) is 7.06. The summed E-state index contributed by atoms with van der Waals surface area (Å²) in [6, 6.07) is 17.8. The summed E-state index contributed by atoms with van der Waals surface area (Å²) in [6.07, 6.45) is 3.75. The van der Waals surface area contributed by atoms with E-state index in [0.717, 1.165) is 32.2 Å². The minimum Gasteiger partial charge on any atom is -0.492 e. The van der Waals surface area contributed by atoms with Crippen molar-refractivity contribution in [2.75, 3.05) is 18.5 Å². The van der Waals surface area contributed by atoms with E-state index in [1.54, 1.807) is 12.1 Å². The molecule has 1 fully saturated rings. The smallest absolute Gasteiger partial charge is 0.233 e. The third-order valence-corrected chi connectivity index (χ3v) is 5.08. The Balaban J connectivity index is 1.53. The molecule has 3 rings (SSSR count). The summed E-state index contributed by atoms with van der Waals surface area (Å²) < 4.78 is 5.52. The molecular weight excluding hydrogens is 352 g/mol. The van der Waals surface area contributed by atoms with E-state index < -0.39 is 0 Å². The van der Waals surface area contributed by atoms with Gasteiger partial charge >= 0.3 is 0 Å². The van der Waals surface area contributed by atoms with Crippen LogP contribution in [0.1, 0.15) is 38.2 Å². The zero-order chi connectivity index (χ0) is 19.8. The molecule has 0 aromatic heterocycles. The Morgan fingerprint density at radius 3 is 2.64 bits per heavy atom. The van der Waals surface area contributed by atoms with Crippen molar-refractivity contribution in [3.05, 3.63) is 60.2 Å². The van der Waals surface area contributed by atoms with Crippen LogP contribution in [0.15, 0.2) is 54.6 Å². The van der Waals surface area contributed by atoms with Gasteiger partial charge in [0.15, 0.2) is 0 Å². The van der Waals surface area contributed by atoms with Gasteiger partial charge in [0.05, 0.1) is 12.3 Å². The number of nitrogens with one attached hydrogen (secondary N) is 1. The number of carbonyl (C=O) groups is 2. The van der Waals surface area contributed by atoms with Crippen molar-refractivity contribution in [1.29, 1.82) is 0 Å². The Morgan fingerprint density at radius 2 is 1.86 bits per heavy atom. The van der Waals surface area contributed by atoms with Crippen LogP contribution in [0.5, 0.6) is 5.75 Å². The standard InChI is InChI=1S/C23H28N2O3/c1-2-28-21-13-7-6-12-20(21)24-22(26)17-23(27)25-16-8-11-19(25)15-14-18-9-4-3-5-10-18/h3-7,9-10,12-13,19H,2,8,11,14-17H2,1H3,(H,24,26)/t19-/m0/s1. The normalized spacial score (nSPS) is 16.0. The van der Waals surface area contributed by atoms with Crippen LogP contribution < -0.4 is 10.1 Å². The third-order valence-electron chi connectivity index (χ3n) is 5.08. The van der Waals surface area contributed by atoms with Crippen molar-refractivity contribution in [3.8, 4) is 5.75 Å². The molecule has 5 heteroatoms. The number of aryl methyl sites for hydroxylation is 1. The molecule has 0 unspecified atom stereocenters. The molecule has 0 bridgehead atoms. The van der Waals surface area contributed by atoms with E-state index in [-0.39, 0.29) is 24.3 Å². The van der Waals surface area contributed by atoms with Gasteiger partial charge in [0.1, 0.15) is 12.2 Å². The number of para-hydroxylation sites is 2. The average molecular weight is 380 g/mol. The zero-order valence-corrected chi connectivity index (χ0v) is 16.4. The summed E-state index contributed by atoms with van der Waals surface area (Å²) in [4.78, 5) is 27.0. The van der Waals surface area contributed by atoms with Crippen molar-refractivity contribution < 1.29 is 14.3 Å². The number of anilines is 1. The second-order valence-electron chi connectivity index (χ2n) is 7.06. The lowest BCUT2D eigenvalue weighted by atomic mass is 10.0. The summed E-state index contributed by atoms with van der Waals surface area (Å²) in [5.74, 6) is 0.223. The molecule has 148 valence electrons. The van der Waals surface area contributed by atoms with Crippen molar-refractivity contribution in [1.82, 2.24) is 4.90 Å². The van der Waals surface area contributed by atoms with E-state index in [1.807, 2.05) is 42.2 Å². The molecule has 1 heterocycles. The number of likely N-dealkylation sites (tertiary alicyclic amines) is 1. The van der Waals surface area contributed by atoms with E-state index in [9.17, 15) is 9.59 Å². The van der Waals surface area contributed by atoms with Gasteiger partial charge in [0.25, 0.3) is 0 Å². The molecule has 1 atom stereocenters. The first kappa shape index (κ1) is 19.9. The molecule has 0 saturated carbocycles. The SMILES string of the molecule is CCOc1ccccc1NC(=O)CC(=O)N1CCC[C@H]1CCc1ccccc1. The van der Waals surface area contributed by atoms with Gasteiger partial charge in [-0.1, -0.05) is 42.5 Å². The predicted molar refractivity (Wildman–Crippen MR) is 110 cm³/mol. The minimum absolute atomic E-state index is 0.0954. The summed E-state index contributed by atoms with van der Waals surface area (Å²) in [5, 5.41) is 2.81. The number of benzene rings is 2. The van der Waals surface area contributed by atoms with E-state index >= 15 is 0 Å². The monoisotopic (exact) mass is 380 g/mol. The Morgan fingerprint density at radius 1 is 1.11 bits per heavy atom. The van der Waals surface area contributed by atoms with Gasteiger partial charge < -0.3 is 15.0 Å². The van der Waals surface area contributed by atoms with E-state index in [1.165, 1.54) is 5.56 Å². The first-order valence-electron chi connectivity index (χ1n) is 10.0.